The van der Waals surface area contributed by atoms with E-state index in [1.165, 1.54) is 6.92 Å². The molecule has 0 saturated carbocycles. The summed E-state index contributed by atoms with van der Waals surface area (Å²) in [5, 5.41) is 0. The molecule has 0 aliphatic heterocycles. The summed E-state index contributed by atoms with van der Waals surface area (Å²) in [7, 11) is 0. The molecule has 0 saturated heterocycles. The highest BCUT2D eigenvalue weighted by atomic mass is 79.9. The third-order valence-corrected chi connectivity index (χ3v) is 2.31. The van der Waals surface area contributed by atoms with E-state index in [2.05, 4.69) is 25.7 Å². The van der Waals surface area contributed by atoms with Crippen LogP contribution < -0.4 is 0 Å². The summed E-state index contributed by atoms with van der Waals surface area (Å²) in [6, 6.07) is 1.12. The zero-order valence-electron chi connectivity index (χ0n) is 8.14. The molecule has 3 nitrogen and oxygen atoms in total. The Hall–Kier alpha value is -1.11. The van der Waals surface area contributed by atoms with Crippen molar-refractivity contribution >= 4 is 21.9 Å². The Morgan fingerprint density at radius 2 is 2.19 bits per heavy atom. The number of halogens is 4. The van der Waals surface area contributed by atoms with Crippen LogP contribution in [-0.2, 0) is 10.9 Å². The average Bonchev–Trinajstić information content (AvgIpc) is 2.15. The molecule has 1 aromatic heterocycles. The van der Waals surface area contributed by atoms with Gasteiger partial charge in [0.25, 0.3) is 0 Å². The average molecular weight is 298 g/mol. The van der Waals surface area contributed by atoms with E-state index in [0.717, 1.165) is 12.3 Å². The van der Waals surface area contributed by atoms with Crippen LogP contribution in [-0.4, -0.2) is 17.6 Å². The molecule has 0 atom stereocenters. The van der Waals surface area contributed by atoms with Gasteiger partial charge in [0, 0.05) is 10.7 Å². The Balaban J connectivity index is 3.29. The number of carbonyl (C=O) groups excluding carboxylic acids is 1. The minimum absolute atomic E-state index is 0.00960. The fourth-order valence-electron chi connectivity index (χ4n) is 1.06. The number of ether oxygens (including phenoxy) is 1. The summed E-state index contributed by atoms with van der Waals surface area (Å²) >= 11 is 2.73. The van der Waals surface area contributed by atoms with Crippen molar-refractivity contribution in [2.45, 2.75) is 13.1 Å². The first-order valence-corrected chi connectivity index (χ1v) is 5.06. The number of pyridine rings is 1. The summed E-state index contributed by atoms with van der Waals surface area (Å²) in [6.07, 6.45) is -3.55. The largest absolute Gasteiger partial charge is 0.461 e. The Morgan fingerprint density at radius 3 is 2.69 bits per heavy atom. The number of alkyl halides is 3. The fourth-order valence-corrected chi connectivity index (χ4v) is 1.59. The molecule has 88 valence electrons. The molecule has 1 rings (SSSR count). The number of hydrogen-bond acceptors (Lipinski definition) is 3. The van der Waals surface area contributed by atoms with Crippen molar-refractivity contribution in [2.75, 3.05) is 6.61 Å². The minimum Gasteiger partial charge on any atom is -0.461 e. The predicted octanol–water partition coefficient (Wildman–Crippen LogP) is 3.04. The van der Waals surface area contributed by atoms with Crippen molar-refractivity contribution in [2.24, 2.45) is 0 Å². The number of nitrogens with zero attached hydrogens (tertiary/aromatic N) is 1. The third-order valence-electron chi connectivity index (χ3n) is 1.65. The Morgan fingerprint density at radius 1 is 1.56 bits per heavy atom. The van der Waals surface area contributed by atoms with Gasteiger partial charge in [0.1, 0.15) is 5.56 Å². The molecule has 0 unspecified atom stereocenters. The smallest absolute Gasteiger partial charge is 0.419 e. The van der Waals surface area contributed by atoms with Crippen LogP contribution in [0.4, 0.5) is 13.2 Å². The second-order valence-corrected chi connectivity index (χ2v) is 3.59. The highest BCUT2D eigenvalue weighted by Gasteiger charge is 2.38. The van der Waals surface area contributed by atoms with Crippen molar-refractivity contribution in [3.63, 3.8) is 0 Å². The van der Waals surface area contributed by atoms with Gasteiger partial charge in [-0.15, -0.1) is 0 Å². The van der Waals surface area contributed by atoms with Gasteiger partial charge in [0.2, 0.25) is 0 Å². The molecule has 0 bridgehead atoms. The molecule has 0 spiro atoms. The van der Waals surface area contributed by atoms with Crippen LogP contribution in [0.5, 0.6) is 0 Å². The van der Waals surface area contributed by atoms with Crippen LogP contribution in [0.25, 0.3) is 0 Å². The maximum absolute atomic E-state index is 12.6. The van der Waals surface area contributed by atoms with Gasteiger partial charge in [-0.3, -0.25) is 0 Å². The Bertz CT molecular complexity index is 406. The maximum Gasteiger partial charge on any atom is 0.419 e. The normalized spacial score (nSPS) is 11.3. The van der Waals surface area contributed by atoms with Crippen LogP contribution in [0.1, 0.15) is 23.0 Å². The highest BCUT2D eigenvalue weighted by Crippen LogP contribution is 2.36. The molecule has 1 heterocycles. The van der Waals surface area contributed by atoms with E-state index in [4.69, 9.17) is 0 Å². The second kappa shape index (κ2) is 4.82. The van der Waals surface area contributed by atoms with E-state index in [-0.39, 0.29) is 11.1 Å². The second-order valence-electron chi connectivity index (χ2n) is 2.73. The zero-order valence-corrected chi connectivity index (χ0v) is 9.72. The summed E-state index contributed by atoms with van der Waals surface area (Å²) < 4.78 is 42.2. The summed E-state index contributed by atoms with van der Waals surface area (Å²) in [5.74, 6) is -1.09. The Labute approximate surface area is 97.8 Å². The lowest BCUT2D eigenvalue weighted by molar-refractivity contribution is -0.139. The van der Waals surface area contributed by atoms with E-state index in [9.17, 15) is 18.0 Å². The first kappa shape index (κ1) is 13.0. The summed E-state index contributed by atoms with van der Waals surface area (Å²) in [5.41, 5.74) is -1.85. The molecule has 0 N–H and O–H groups in total. The fraction of sp³-hybridized carbons (Fsp3) is 0.333. The molecule has 16 heavy (non-hydrogen) atoms. The molecular weight excluding hydrogens is 291 g/mol. The lowest BCUT2D eigenvalue weighted by atomic mass is 10.2. The van der Waals surface area contributed by atoms with Crippen LogP contribution >= 0.6 is 15.9 Å². The number of aromatic nitrogens is 1. The molecule has 0 fully saturated rings. The molecule has 0 amide bonds. The molecule has 0 aliphatic carbocycles. The monoisotopic (exact) mass is 297 g/mol. The highest BCUT2D eigenvalue weighted by molar-refractivity contribution is 9.10. The van der Waals surface area contributed by atoms with Crippen molar-refractivity contribution in [1.82, 2.24) is 4.98 Å². The third kappa shape index (κ3) is 2.72. The predicted molar refractivity (Wildman–Crippen MR) is 52.9 cm³/mol. The summed E-state index contributed by atoms with van der Waals surface area (Å²) in [4.78, 5) is 14.7. The van der Waals surface area contributed by atoms with Crippen LogP contribution in [0, 0.1) is 0 Å². The van der Waals surface area contributed by atoms with E-state index in [0.29, 0.717) is 0 Å². The zero-order chi connectivity index (χ0) is 12.3. The van der Waals surface area contributed by atoms with Gasteiger partial charge in [0.05, 0.1) is 6.61 Å². The SMILES string of the molecule is CCOC(=O)c1nccc(Br)c1C(F)(F)F. The molecular formula is C9H7BrF3NO2. The van der Waals surface area contributed by atoms with Crippen molar-refractivity contribution in [1.29, 1.82) is 0 Å². The lowest BCUT2D eigenvalue weighted by Gasteiger charge is -2.12. The minimum atomic E-state index is -4.66. The molecule has 0 aliphatic rings. The van der Waals surface area contributed by atoms with Gasteiger partial charge in [0.15, 0.2) is 5.69 Å². The van der Waals surface area contributed by atoms with Crippen LogP contribution in [0.3, 0.4) is 0 Å². The van der Waals surface area contributed by atoms with E-state index < -0.39 is 23.4 Å². The van der Waals surface area contributed by atoms with Crippen molar-refractivity contribution in [3.05, 3.63) is 28.0 Å². The van der Waals surface area contributed by atoms with Crippen molar-refractivity contribution < 1.29 is 22.7 Å². The number of esters is 1. The van der Waals surface area contributed by atoms with E-state index in [1.807, 2.05) is 0 Å². The van der Waals surface area contributed by atoms with E-state index in [1.54, 1.807) is 0 Å². The maximum atomic E-state index is 12.6. The number of carbonyl (C=O) groups is 1. The summed E-state index contributed by atoms with van der Waals surface area (Å²) in [6.45, 7) is 1.49. The number of hydrogen-bond donors (Lipinski definition) is 0. The first-order valence-electron chi connectivity index (χ1n) is 4.26. The van der Waals surface area contributed by atoms with Gasteiger partial charge in [-0.25, -0.2) is 9.78 Å². The quantitative estimate of drug-likeness (QED) is 0.788. The molecule has 1 aromatic rings. The standard InChI is InChI=1S/C9H7BrF3NO2/c1-2-16-8(15)7-6(9(11,12)13)5(10)3-4-14-7/h3-4H,2H2,1H3. The van der Waals surface area contributed by atoms with Crippen LogP contribution in [0.2, 0.25) is 0 Å². The molecule has 0 aromatic carbocycles. The molecule has 7 heteroatoms. The lowest BCUT2D eigenvalue weighted by Crippen LogP contribution is -2.17. The topological polar surface area (TPSA) is 39.2 Å². The Kier molecular flexibility index (Phi) is 3.90. The van der Waals surface area contributed by atoms with Gasteiger partial charge in [-0.05, 0) is 13.0 Å². The van der Waals surface area contributed by atoms with Gasteiger partial charge in [-0.1, -0.05) is 15.9 Å². The van der Waals surface area contributed by atoms with Gasteiger partial charge >= 0.3 is 12.1 Å². The van der Waals surface area contributed by atoms with Crippen molar-refractivity contribution in [3.8, 4) is 0 Å². The van der Waals surface area contributed by atoms with Gasteiger partial charge in [-0.2, -0.15) is 13.2 Å². The van der Waals surface area contributed by atoms with Crippen LogP contribution in [0.15, 0.2) is 16.7 Å². The number of rotatable bonds is 2. The van der Waals surface area contributed by atoms with Gasteiger partial charge < -0.3 is 4.74 Å². The first-order chi connectivity index (χ1) is 7.38. The molecule has 0 radical (unpaired) electrons. The van der Waals surface area contributed by atoms with E-state index >= 15 is 0 Å².